The summed E-state index contributed by atoms with van der Waals surface area (Å²) in [5.41, 5.74) is 1.13. The summed E-state index contributed by atoms with van der Waals surface area (Å²) in [4.78, 5) is 13.6. The number of carbonyl (C=O) groups is 1. The molecule has 0 aliphatic rings. The molecule has 1 amide bonds. The molecule has 2 rings (SSSR count). The molecule has 2 N–H and O–H groups in total. The van der Waals surface area contributed by atoms with Crippen LogP contribution < -0.4 is 5.32 Å². The summed E-state index contributed by atoms with van der Waals surface area (Å²) >= 11 is 6.07. The van der Waals surface area contributed by atoms with Crippen molar-refractivity contribution in [2.75, 3.05) is 19.4 Å². The average molecular weight is 424 g/mol. The lowest BCUT2D eigenvalue weighted by atomic mass is 10.1. The maximum atomic E-state index is 12.6. The van der Waals surface area contributed by atoms with E-state index in [2.05, 4.69) is 9.71 Å². The number of aliphatic hydroxyl groups is 1. The normalized spacial score (nSPS) is 12.8. The smallest absolute Gasteiger partial charge is 0.284 e. The van der Waals surface area contributed by atoms with Crippen molar-refractivity contribution in [2.45, 2.75) is 24.3 Å². The second-order valence-electron chi connectivity index (χ2n) is 6.40. The predicted octanol–water partition coefficient (Wildman–Crippen LogP) is 2.85. The minimum atomic E-state index is -4.06. The summed E-state index contributed by atoms with van der Waals surface area (Å²) in [6.45, 7) is 1.46. The van der Waals surface area contributed by atoms with Gasteiger partial charge in [0, 0.05) is 30.4 Å². The quantitative estimate of drug-likeness (QED) is 0.527. The van der Waals surface area contributed by atoms with E-state index >= 15 is 0 Å². The van der Waals surface area contributed by atoms with Crippen molar-refractivity contribution in [3.05, 3.63) is 58.6 Å². The van der Waals surface area contributed by atoms with Crippen LogP contribution in [0.2, 0.25) is 5.02 Å². The lowest BCUT2D eigenvalue weighted by molar-refractivity contribution is -0.115. The Balaban J connectivity index is 2.32. The van der Waals surface area contributed by atoms with E-state index < -0.39 is 16.1 Å². The molecule has 0 saturated heterocycles. The van der Waals surface area contributed by atoms with E-state index in [1.165, 1.54) is 30.0 Å². The zero-order valence-electron chi connectivity index (χ0n) is 15.8. The van der Waals surface area contributed by atoms with E-state index in [1.807, 2.05) is 0 Å². The molecule has 0 saturated carbocycles. The molecule has 0 aliphatic heterocycles. The van der Waals surface area contributed by atoms with Crippen molar-refractivity contribution in [2.24, 2.45) is 4.40 Å². The Bertz CT molecular complexity index is 988. The molecule has 1 unspecified atom stereocenters. The van der Waals surface area contributed by atoms with Crippen LogP contribution in [-0.2, 0) is 21.2 Å². The van der Waals surface area contributed by atoms with E-state index in [-0.39, 0.29) is 28.5 Å². The number of sulfonamides is 1. The van der Waals surface area contributed by atoms with Gasteiger partial charge in [-0.1, -0.05) is 35.9 Å². The Morgan fingerprint density at radius 3 is 2.57 bits per heavy atom. The molecule has 2 aromatic rings. The summed E-state index contributed by atoms with van der Waals surface area (Å²) < 4.78 is 28.7. The summed E-state index contributed by atoms with van der Waals surface area (Å²) in [5, 5.41) is 13.0. The Morgan fingerprint density at radius 2 is 1.96 bits per heavy atom. The molecular formula is C19H22ClN3O4S. The number of amides is 1. The number of anilines is 1. The summed E-state index contributed by atoms with van der Waals surface area (Å²) in [6, 6.07) is 11.2. The number of nitrogens with zero attached hydrogens (tertiary/aromatic N) is 2. The molecule has 28 heavy (non-hydrogen) atoms. The number of benzene rings is 2. The molecule has 0 spiro atoms. The number of nitrogens with one attached hydrogen (secondary N) is 1. The number of carbonyl (C=O) groups excluding carboxylic acids is 1. The maximum Gasteiger partial charge on any atom is 0.284 e. The fourth-order valence-electron chi connectivity index (χ4n) is 2.41. The molecule has 0 aromatic heterocycles. The predicted molar refractivity (Wildman–Crippen MR) is 110 cm³/mol. The fraction of sp³-hybridized carbons (Fsp3) is 0.263. The largest absolute Gasteiger partial charge is 0.389 e. The van der Waals surface area contributed by atoms with Crippen molar-refractivity contribution >= 4 is 39.6 Å². The highest BCUT2D eigenvalue weighted by atomic mass is 35.5. The van der Waals surface area contributed by atoms with E-state index in [1.54, 1.807) is 38.4 Å². The van der Waals surface area contributed by atoms with Crippen molar-refractivity contribution in [3.8, 4) is 0 Å². The number of hydrogen-bond acceptors (Lipinski definition) is 4. The van der Waals surface area contributed by atoms with Crippen LogP contribution >= 0.6 is 11.6 Å². The zero-order valence-corrected chi connectivity index (χ0v) is 17.3. The van der Waals surface area contributed by atoms with Crippen LogP contribution in [0.25, 0.3) is 0 Å². The minimum Gasteiger partial charge on any atom is -0.389 e. The van der Waals surface area contributed by atoms with Gasteiger partial charge < -0.3 is 15.3 Å². The second-order valence-corrected chi connectivity index (χ2v) is 8.41. The third-order valence-corrected chi connectivity index (χ3v) is 5.40. The number of hydrogen-bond donors (Lipinski definition) is 2. The monoisotopic (exact) mass is 423 g/mol. The highest BCUT2D eigenvalue weighted by Gasteiger charge is 2.21. The topological polar surface area (TPSA) is 99.1 Å². The molecule has 0 bridgehead atoms. The van der Waals surface area contributed by atoms with E-state index in [0.717, 1.165) is 6.34 Å². The van der Waals surface area contributed by atoms with Crippen LogP contribution in [0.15, 0.2) is 51.8 Å². The summed E-state index contributed by atoms with van der Waals surface area (Å²) in [5.74, 6) is -0.349. The van der Waals surface area contributed by atoms with Gasteiger partial charge in [-0.15, -0.1) is 4.40 Å². The summed E-state index contributed by atoms with van der Waals surface area (Å²) in [7, 11) is -0.782. The second kappa shape index (κ2) is 9.18. The number of aliphatic hydroxyl groups excluding tert-OH is 1. The van der Waals surface area contributed by atoms with Gasteiger partial charge >= 0.3 is 0 Å². The number of halogens is 1. The standard InChI is InChI=1S/C19H22ClN3O4S/c1-13(24)16-9-8-15(11-18(16)28(26,27)21-12-23(2)3)22-19(25)10-14-6-4-5-7-17(14)20/h4-9,11-13,24H,10H2,1-3H3,(H,22,25). The van der Waals surface area contributed by atoms with Crippen LogP contribution in [0, 0.1) is 0 Å². The van der Waals surface area contributed by atoms with Crippen molar-refractivity contribution in [1.29, 1.82) is 0 Å². The maximum absolute atomic E-state index is 12.6. The molecule has 2 aromatic carbocycles. The van der Waals surface area contributed by atoms with Gasteiger partial charge in [0.15, 0.2) is 0 Å². The molecule has 7 nitrogen and oxygen atoms in total. The molecule has 9 heteroatoms. The lowest BCUT2D eigenvalue weighted by Crippen LogP contribution is -2.16. The Labute approximate surface area is 169 Å². The van der Waals surface area contributed by atoms with E-state index in [0.29, 0.717) is 10.6 Å². The molecule has 0 aliphatic carbocycles. The van der Waals surface area contributed by atoms with Crippen molar-refractivity contribution in [1.82, 2.24) is 4.90 Å². The van der Waals surface area contributed by atoms with E-state index in [4.69, 9.17) is 11.6 Å². The number of rotatable bonds is 7. The third-order valence-electron chi connectivity index (χ3n) is 3.75. The Hall–Kier alpha value is -2.42. The van der Waals surface area contributed by atoms with Gasteiger partial charge in [-0.25, -0.2) is 0 Å². The van der Waals surface area contributed by atoms with Gasteiger partial charge in [0.05, 0.1) is 17.4 Å². The van der Waals surface area contributed by atoms with Crippen LogP contribution in [0.5, 0.6) is 0 Å². The van der Waals surface area contributed by atoms with Crippen LogP contribution in [0.3, 0.4) is 0 Å². The highest BCUT2D eigenvalue weighted by molar-refractivity contribution is 7.90. The highest BCUT2D eigenvalue weighted by Crippen LogP contribution is 2.27. The van der Waals surface area contributed by atoms with Gasteiger partial charge in [0.2, 0.25) is 5.91 Å². The van der Waals surface area contributed by atoms with Crippen LogP contribution in [-0.4, -0.2) is 44.8 Å². The molecule has 1 atom stereocenters. The Morgan fingerprint density at radius 1 is 1.29 bits per heavy atom. The van der Waals surface area contributed by atoms with Crippen LogP contribution in [0.4, 0.5) is 5.69 Å². The fourth-order valence-corrected chi connectivity index (χ4v) is 3.85. The first-order valence-corrected chi connectivity index (χ1v) is 10.2. The van der Waals surface area contributed by atoms with Crippen molar-refractivity contribution in [3.63, 3.8) is 0 Å². The van der Waals surface area contributed by atoms with Gasteiger partial charge in [-0.05, 0) is 30.7 Å². The molecule has 0 heterocycles. The average Bonchev–Trinajstić information content (AvgIpc) is 2.62. The minimum absolute atomic E-state index is 0.0404. The van der Waals surface area contributed by atoms with E-state index in [9.17, 15) is 18.3 Å². The first-order chi connectivity index (χ1) is 13.1. The first-order valence-electron chi connectivity index (χ1n) is 8.42. The van der Waals surface area contributed by atoms with Gasteiger partial charge in [-0.3, -0.25) is 4.79 Å². The molecule has 0 radical (unpaired) electrons. The molecule has 0 fully saturated rings. The first kappa shape index (κ1) is 21.9. The van der Waals surface area contributed by atoms with Crippen LogP contribution in [0.1, 0.15) is 24.2 Å². The summed E-state index contributed by atoms with van der Waals surface area (Å²) in [6.07, 6.45) is 0.176. The molecule has 150 valence electrons. The zero-order chi connectivity index (χ0) is 20.9. The third kappa shape index (κ3) is 5.79. The Kier molecular flexibility index (Phi) is 7.17. The lowest BCUT2D eigenvalue weighted by Gasteiger charge is -2.14. The molecular weight excluding hydrogens is 402 g/mol. The SMILES string of the molecule is CC(O)c1ccc(NC(=O)Cc2ccccc2Cl)cc1S(=O)(=O)N=CN(C)C. The van der Waals surface area contributed by atoms with Gasteiger partial charge in [0.1, 0.15) is 6.34 Å². The van der Waals surface area contributed by atoms with Gasteiger partial charge in [-0.2, -0.15) is 8.42 Å². The van der Waals surface area contributed by atoms with Crippen molar-refractivity contribution < 1.29 is 18.3 Å². The van der Waals surface area contributed by atoms with Gasteiger partial charge in [0.25, 0.3) is 10.0 Å².